The number of rotatable bonds is 2. The number of phenols is 1. The van der Waals surface area contributed by atoms with Crippen molar-refractivity contribution in [1.82, 2.24) is 4.98 Å². The van der Waals surface area contributed by atoms with Gasteiger partial charge in [-0.3, -0.25) is 0 Å². The Morgan fingerprint density at radius 3 is 2.67 bits per heavy atom. The molecule has 0 amide bonds. The van der Waals surface area contributed by atoms with Gasteiger partial charge in [0.1, 0.15) is 11.6 Å². The predicted molar refractivity (Wildman–Crippen MR) is 71.8 cm³/mol. The van der Waals surface area contributed by atoms with E-state index in [4.69, 9.17) is 0 Å². The lowest BCUT2D eigenvalue weighted by molar-refractivity contribution is 0.476. The van der Waals surface area contributed by atoms with Crippen molar-refractivity contribution in [3.63, 3.8) is 0 Å². The van der Waals surface area contributed by atoms with Crippen LogP contribution in [0.1, 0.15) is 0 Å². The summed E-state index contributed by atoms with van der Waals surface area (Å²) in [5.41, 5.74) is 0.863. The van der Waals surface area contributed by atoms with E-state index in [0.717, 1.165) is 19.5 Å². The van der Waals surface area contributed by atoms with Gasteiger partial charge in [-0.25, -0.2) is 9.37 Å². The lowest BCUT2D eigenvalue weighted by atomic mass is 10.3. The lowest BCUT2D eigenvalue weighted by Gasteiger charge is -1.95. The van der Waals surface area contributed by atoms with Gasteiger partial charge in [0.25, 0.3) is 0 Å². The summed E-state index contributed by atoms with van der Waals surface area (Å²) in [6.45, 7) is 0. The average Bonchev–Trinajstić information content (AvgIpc) is 2.73. The second-order valence-corrected chi connectivity index (χ2v) is 6.04. The molecule has 2 nitrogen and oxygen atoms in total. The van der Waals surface area contributed by atoms with Crippen LogP contribution in [0.15, 0.2) is 51.7 Å². The van der Waals surface area contributed by atoms with Gasteiger partial charge in [0.2, 0.25) is 0 Å². The summed E-state index contributed by atoms with van der Waals surface area (Å²) < 4.78 is 14.6. The number of benzene rings is 2. The normalized spacial score (nSPS) is 10.9. The molecular weight excluding hydrogens is 269 g/mol. The summed E-state index contributed by atoms with van der Waals surface area (Å²) in [6, 6.07) is 11.4. The van der Waals surface area contributed by atoms with Gasteiger partial charge in [0, 0.05) is 4.90 Å². The summed E-state index contributed by atoms with van der Waals surface area (Å²) in [4.78, 5) is 5.39. The molecule has 0 aliphatic rings. The van der Waals surface area contributed by atoms with Crippen molar-refractivity contribution in [2.45, 2.75) is 9.24 Å². The maximum Gasteiger partial charge on any atom is 0.155 e. The zero-order chi connectivity index (χ0) is 12.5. The molecule has 0 radical (unpaired) electrons. The minimum atomic E-state index is -0.242. The van der Waals surface area contributed by atoms with Gasteiger partial charge >= 0.3 is 0 Å². The third kappa shape index (κ3) is 2.32. The molecule has 0 fully saturated rings. The van der Waals surface area contributed by atoms with Gasteiger partial charge in [0.15, 0.2) is 4.34 Å². The molecule has 5 heteroatoms. The Balaban J connectivity index is 1.92. The highest BCUT2D eigenvalue weighted by Crippen LogP contribution is 2.35. The zero-order valence-electron chi connectivity index (χ0n) is 9.13. The third-order valence-electron chi connectivity index (χ3n) is 2.37. The maximum absolute atomic E-state index is 12.8. The maximum atomic E-state index is 12.8. The molecule has 3 aromatic rings. The van der Waals surface area contributed by atoms with E-state index in [0.29, 0.717) is 0 Å². The Labute approximate surface area is 111 Å². The molecule has 0 saturated heterocycles. The van der Waals surface area contributed by atoms with Crippen molar-refractivity contribution < 1.29 is 9.50 Å². The number of aromatic hydroxyl groups is 1. The number of thiazole rings is 1. The van der Waals surface area contributed by atoms with Crippen LogP contribution in [-0.4, -0.2) is 10.1 Å². The quantitative estimate of drug-likeness (QED) is 0.758. The molecule has 0 aliphatic carbocycles. The second kappa shape index (κ2) is 4.59. The van der Waals surface area contributed by atoms with Gasteiger partial charge in [-0.05, 0) is 42.5 Å². The molecule has 0 atom stereocenters. The van der Waals surface area contributed by atoms with Crippen molar-refractivity contribution >= 4 is 33.3 Å². The Morgan fingerprint density at radius 1 is 1.11 bits per heavy atom. The molecule has 0 saturated carbocycles. The first kappa shape index (κ1) is 11.5. The standard InChI is InChI=1S/C13H8FNOS2/c14-8-1-4-10(5-2-8)17-13-15-11-6-3-9(16)7-12(11)18-13/h1-7,16H. The Bertz CT molecular complexity index is 694. The highest BCUT2D eigenvalue weighted by molar-refractivity contribution is 8.01. The van der Waals surface area contributed by atoms with Gasteiger partial charge in [0.05, 0.1) is 10.2 Å². The number of hydrogen-bond donors (Lipinski definition) is 1. The largest absolute Gasteiger partial charge is 0.508 e. The first-order valence-corrected chi connectivity index (χ1v) is 6.87. The Hall–Kier alpha value is -1.59. The van der Waals surface area contributed by atoms with E-state index in [1.54, 1.807) is 30.3 Å². The summed E-state index contributed by atoms with van der Waals surface area (Å²) in [5.74, 6) is -0.00180. The van der Waals surface area contributed by atoms with E-state index in [1.807, 2.05) is 0 Å². The van der Waals surface area contributed by atoms with Crippen molar-refractivity contribution in [1.29, 1.82) is 0 Å². The SMILES string of the molecule is Oc1ccc2nc(Sc3ccc(F)cc3)sc2c1. The van der Waals surface area contributed by atoms with E-state index in [2.05, 4.69) is 4.98 Å². The molecule has 1 heterocycles. The molecule has 0 spiro atoms. The van der Waals surface area contributed by atoms with E-state index in [-0.39, 0.29) is 11.6 Å². The van der Waals surface area contributed by atoms with Crippen LogP contribution in [-0.2, 0) is 0 Å². The summed E-state index contributed by atoms with van der Waals surface area (Å²) in [6.07, 6.45) is 0. The summed E-state index contributed by atoms with van der Waals surface area (Å²) in [5, 5.41) is 9.39. The molecule has 3 rings (SSSR count). The summed E-state index contributed by atoms with van der Waals surface area (Å²) in [7, 11) is 0. The highest BCUT2D eigenvalue weighted by Gasteiger charge is 2.06. The molecule has 1 aromatic heterocycles. The van der Waals surface area contributed by atoms with Crippen LogP contribution >= 0.6 is 23.1 Å². The topological polar surface area (TPSA) is 33.1 Å². The zero-order valence-corrected chi connectivity index (χ0v) is 10.8. The van der Waals surface area contributed by atoms with Crippen LogP contribution < -0.4 is 0 Å². The number of halogens is 1. The van der Waals surface area contributed by atoms with E-state index >= 15 is 0 Å². The van der Waals surface area contributed by atoms with E-state index in [9.17, 15) is 9.50 Å². The average molecular weight is 277 g/mol. The summed E-state index contributed by atoms with van der Waals surface area (Å²) >= 11 is 3.00. The minimum Gasteiger partial charge on any atom is -0.508 e. The smallest absolute Gasteiger partial charge is 0.155 e. The molecular formula is C13H8FNOS2. The first-order valence-electron chi connectivity index (χ1n) is 5.24. The number of hydrogen-bond acceptors (Lipinski definition) is 4. The Morgan fingerprint density at radius 2 is 1.89 bits per heavy atom. The number of phenolic OH excluding ortho intramolecular Hbond substituents is 1. The molecule has 90 valence electrons. The van der Waals surface area contributed by atoms with Gasteiger partial charge in [-0.15, -0.1) is 11.3 Å². The predicted octanol–water partition coefficient (Wildman–Crippen LogP) is 4.29. The Kier molecular flexibility index (Phi) is 2.93. The number of aromatic nitrogens is 1. The molecule has 0 unspecified atom stereocenters. The molecule has 0 aliphatic heterocycles. The van der Waals surface area contributed by atoms with Gasteiger partial charge in [-0.1, -0.05) is 11.8 Å². The van der Waals surface area contributed by atoms with Crippen LogP contribution in [0.3, 0.4) is 0 Å². The van der Waals surface area contributed by atoms with Crippen molar-refractivity contribution in [2.24, 2.45) is 0 Å². The minimum absolute atomic E-state index is 0.240. The van der Waals surface area contributed by atoms with E-state index < -0.39 is 0 Å². The lowest BCUT2D eigenvalue weighted by Crippen LogP contribution is -1.74. The van der Waals surface area contributed by atoms with Crippen LogP contribution in [0.2, 0.25) is 0 Å². The van der Waals surface area contributed by atoms with Crippen molar-refractivity contribution in [3.05, 3.63) is 48.3 Å². The third-order valence-corrected chi connectivity index (χ3v) is 4.46. The number of fused-ring (bicyclic) bond motifs is 1. The first-order chi connectivity index (χ1) is 8.70. The monoisotopic (exact) mass is 277 g/mol. The fourth-order valence-electron chi connectivity index (χ4n) is 1.54. The number of nitrogens with zero attached hydrogens (tertiary/aromatic N) is 1. The molecule has 1 N–H and O–H groups in total. The van der Waals surface area contributed by atoms with Crippen LogP contribution in [0.25, 0.3) is 10.2 Å². The van der Waals surface area contributed by atoms with Crippen LogP contribution in [0.5, 0.6) is 5.75 Å². The fourth-order valence-corrected chi connectivity index (χ4v) is 3.61. The van der Waals surface area contributed by atoms with Crippen LogP contribution in [0, 0.1) is 5.82 Å². The fraction of sp³-hybridized carbons (Fsp3) is 0. The van der Waals surface area contributed by atoms with Crippen LogP contribution in [0.4, 0.5) is 4.39 Å². The van der Waals surface area contributed by atoms with Crippen molar-refractivity contribution in [2.75, 3.05) is 0 Å². The second-order valence-electron chi connectivity index (χ2n) is 3.69. The molecule has 2 aromatic carbocycles. The van der Waals surface area contributed by atoms with Crippen molar-refractivity contribution in [3.8, 4) is 5.75 Å². The van der Waals surface area contributed by atoms with Gasteiger partial charge < -0.3 is 5.11 Å². The molecule has 0 bridgehead atoms. The highest BCUT2D eigenvalue weighted by atomic mass is 32.2. The molecule has 18 heavy (non-hydrogen) atoms. The van der Waals surface area contributed by atoms with Gasteiger partial charge in [-0.2, -0.15) is 0 Å². The van der Waals surface area contributed by atoms with E-state index in [1.165, 1.54) is 35.2 Å².